The number of aliphatic hydroxyl groups excluding tert-OH is 1. The van der Waals surface area contributed by atoms with Gasteiger partial charge in [0.2, 0.25) is 0 Å². The molecule has 0 aromatic heterocycles. The summed E-state index contributed by atoms with van der Waals surface area (Å²) >= 11 is 0. The van der Waals surface area contributed by atoms with Crippen molar-refractivity contribution in [3.8, 4) is 5.75 Å². The lowest BCUT2D eigenvalue weighted by Gasteiger charge is -2.47. The molecule has 1 aromatic carbocycles. The Bertz CT molecular complexity index is 615. The first-order valence-corrected chi connectivity index (χ1v) is 8.19. The summed E-state index contributed by atoms with van der Waals surface area (Å²) in [5.41, 5.74) is 0.0341. The van der Waals surface area contributed by atoms with E-state index in [2.05, 4.69) is 11.8 Å². The molecule has 3 rings (SSSR count). The minimum absolute atomic E-state index is 0. The second-order valence-corrected chi connectivity index (χ2v) is 7.29. The lowest BCUT2D eigenvalue weighted by Crippen LogP contribution is -2.54. The van der Waals surface area contributed by atoms with Crippen molar-refractivity contribution in [3.63, 3.8) is 0 Å². The molecule has 2 atom stereocenters. The summed E-state index contributed by atoms with van der Waals surface area (Å²) in [7, 11) is 0. The first kappa shape index (κ1) is 19.0. The summed E-state index contributed by atoms with van der Waals surface area (Å²) in [4.78, 5) is 13.0. The van der Waals surface area contributed by atoms with Crippen LogP contribution in [0.2, 0.25) is 0 Å². The molecule has 0 aliphatic carbocycles. The molecule has 2 heterocycles. The largest absolute Gasteiger partial charge is 0.485 e. The third-order valence-electron chi connectivity index (χ3n) is 5.12. The molecular formula is C17H25ClN2O4. The zero-order valence-electron chi connectivity index (χ0n) is 14.3. The average molecular weight is 357 g/mol. The number of aliphatic hydroxyl groups is 1. The number of nitro groups is 1. The van der Waals surface area contributed by atoms with Crippen molar-refractivity contribution in [1.29, 1.82) is 0 Å². The molecule has 1 saturated heterocycles. The van der Waals surface area contributed by atoms with E-state index in [1.807, 2.05) is 13.8 Å². The number of likely N-dealkylation sites (tertiary alicyclic amines) is 1. The summed E-state index contributed by atoms with van der Waals surface area (Å²) in [6.45, 7) is 7.74. The van der Waals surface area contributed by atoms with Gasteiger partial charge in [0.05, 0.1) is 11.0 Å². The highest BCUT2D eigenvalue weighted by atomic mass is 35.5. The molecule has 0 spiro atoms. The summed E-state index contributed by atoms with van der Waals surface area (Å²) in [5, 5.41) is 22.0. The number of nitrogens with zero attached hydrogens (tertiary/aromatic N) is 2. The summed E-state index contributed by atoms with van der Waals surface area (Å²) in [5.74, 6) is 1.32. The molecule has 0 radical (unpaired) electrons. The molecule has 2 aliphatic rings. The molecule has 0 saturated carbocycles. The van der Waals surface area contributed by atoms with Crippen molar-refractivity contribution in [2.24, 2.45) is 5.92 Å². The van der Waals surface area contributed by atoms with E-state index in [0.717, 1.165) is 31.5 Å². The second-order valence-electron chi connectivity index (χ2n) is 7.29. The Morgan fingerprint density at radius 2 is 1.96 bits per heavy atom. The monoisotopic (exact) mass is 356 g/mol. The Hall–Kier alpha value is -1.37. The highest BCUT2D eigenvalue weighted by Crippen LogP contribution is 2.45. The summed E-state index contributed by atoms with van der Waals surface area (Å²) in [6.07, 6.45) is 1.43. The maximum absolute atomic E-state index is 11.1. The van der Waals surface area contributed by atoms with Gasteiger partial charge in [0.1, 0.15) is 17.5 Å². The summed E-state index contributed by atoms with van der Waals surface area (Å²) < 4.78 is 5.91. The van der Waals surface area contributed by atoms with Gasteiger partial charge in [-0.15, -0.1) is 12.4 Å². The smallest absolute Gasteiger partial charge is 0.270 e. The molecule has 7 heteroatoms. The number of non-ortho nitro benzene ring substituents is 1. The molecule has 0 bridgehead atoms. The lowest BCUT2D eigenvalue weighted by atomic mass is 9.84. The Morgan fingerprint density at radius 3 is 2.54 bits per heavy atom. The number of nitro benzene ring substituents is 1. The summed E-state index contributed by atoms with van der Waals surface area (Å²) in [6, 6.07) is 4.40. The Kier molecular flexibility index (Phi) is 5.42. The van der Waals surface area contributed by atoms with Gasteiger partial charge in [-0.2, -0.15) is 0 Å². The number of hydrogen-bond donors (Lipinski definition) is 1. The zero-order valence-corrected chi connectivity index (χ0v) is 15.1. The Labute approximate surface area is 148 Å². The average Bonchev–Trinajstić information content (AvgIpc) is 2.49. The SMILES string of the molecule is CC1CCN(C2c3cc([N+](=O)[O-])ccc3OC(C)(C)C2O)CC1.Cl. The molecule has 2 unspecified atom stereocenters. The van der Waals surface area contributed by atoms with Gasteiger partial charge in [-0.25, -0.2) is 0 Å². The topological polar surface area (TPSA) is 75.8 Å². The lowest BCUT2D eigenvalue weighted by molar-refractivity contribution is -0.385. The van der Waals surface area contributed by atoms with Crippen LogP contribution in [0.25, 0.3) is 0 Å². The van der Waals surface area contributed by atoms with E-state index in [4.69, 9.17) is 4.74 Å². The van der Waals surface area contributed by atoms with Crippen LogP contribution in [0.4, 0.5) is 5.69 Å². The van der Waals surface area contributed by atoms with Crippen molar-refractivity contribution < 1.29 is 14.8 Å². The number of fused-ring (bicyclic) bond motifs is 1. The standard InChI is InChI=1S/C17H24N2O4.ClH/c1-11-6-8-18(9-7-11)15-13-10-12(19(21)22)4-5-14(13)23-17(2,3)16(15)20;/h4-5,10-11,15-16,20H,6-9H2,1-3H3;1H. The number of benzene rings is 1. The van der Waals surface area contributed by atoms with E-state index in [1.54, 1.807) is 12.1 Å². The second kappa shape index (κ2) is 6.86. The molecule has 24 heavy (non-hydrogen) atoms. The van der Waals surface area contributed by atoms with Crippen LogP contribution in [0, 0.1) is 16.0 Å². The molecule has 1 N–H and O–H groups in total. The predicted molar refractivity (Wildman–Crippen MR) is 93.8 cm³/mol. The van der Waals surface area contributed by atoms with Crippen LogP contribution < -0.4 is 4.74 Å². The fourth-order valence-electron chi connectivity index (χ4n) is 3.57. The molecule has 1 fully saturated rings. The van der Waals surface area contributed by atoms with Crippen LogP contribution in [0.3, 0.4) is 0 Å². The maximum Gasteiger partial charge on any atom is 0.270 e. The predicted octanol–water partition coefficient (Wildman–Crippen LogP) is 3.32. The molecule has 1 aromatic rings. The Morgan fingerprint density at radius 1 is 1.33 bits per heavy atom. The minimum Gasteiger partial charge on any atom is -0.485 e. The third-order valence-corrected chi connectivity index (χ3v) is 5.12. The van der Waals surface area contributed by atoms with Gasteiger partial charge in [-0.3, -0.25) is 15.0 Å². The normalized spacial score (nSPS) is 26.8. The van der Waals surface area contributed by atoms with Crippen molar-refractivity contribution in [1.82, 2.24) is 4.90 Å². The first-order chi connectivity index (χ1) is 10.8. The highest BCUT2D eigenvalue weighted by molar-refractivity contribution is 5.85. The van der Waals surface area contributed by atoms with Gasteiger partial charge in [-0.1, -0.05) is 6.92 Å². The molecule has 134 valence electrons. The van der Waals surface area contributed by atoms with Crippen LogP contribution in [0.1, 0.15) is 45.2 Å². The number of hydrogen-bond acceptors (Lipinski definition) is 5. The highest BCUT2D eigenvalue weighted by Gasteiger charge is 2.46. The van der Waals surface area contributed by atoms with Crippen LogP contribution in [-0.4, -0.2) is 39.7 Å². The van der Waals surface area contributed by atoms with Crippen LogP contribution in [0.5, 0.6) is 5.75 Å². The fourth-order valence-corrected chi connectivity index (χ4v) is 3.57. The van der Waals surface area contributed by atoms with Crippen LogP contribution in [0.15, 0.2) is 18.2 Å². The third kappa shape index (κ3) is 3.36. The number of rotatable bonds is 2. The maximum atomic E-state index is 11.1. The molecule has 2 aliphatic heterocycles. The van der Waals surface area contributed by atoms with Crippen molar-refractivity contribution in [2.45, 2.75) is 51.4 Å². The molecule has 6 nitrogen and oxygen atoms in total. The number of halogens is 1. The van der Waals surface area contributed by atoms with Gasteiger partial charge in [0.15, 0.2) is 0 Å². The van der Waals surface area contributed by atoms with Crippen LogP contribution in [-0.2, 0) is 0 Å². The van der Waals surface area contributed by atoms with E-state index in [-0.39, 0.29) is 24.1 Å². The van der Waals surface area contributed by atoms with Crippen LogP contribution >= 0.6 is 12.4 Å². The quantitative estimate of drug-likeness (QED) is 0.649. The van der Waals surface area contributed by atoms with Gasteiger partial charge in [0.25, 0.3) is 5.69 Å². The van der Waals surface area contributed by atoms with Gasteiger partial charge < -0.3 is 9.84 Å². The Balaban J connectivity index is 0.00000208. The first-order valence-electron chi connectivity index (χ1n) is 8.19. The number of piperidine rings is 1. The zero-order chi connectivity index (χ0) is 16.8. The van der Waals surface area contributed by atoms with Crippen molar-refractivity contribution >= 4 is 18.1 Å². The minimum atomic E-state index is -0.731. The fraction of sp³-hybridized carbons (Fsp3) is 0.647. The van der Waals surface area contributed by atoms with Gasteiger partial charge in [-0.05, 0) is 51.8 Å². The van der Waals surface area contributed by atoms with E-state index in [1.165, 1.54) is 6.07 Å². The van der Waals surface area contributed by atoms with Crippen molar-refractivity contribution in [2.75, 3.05) is 13.1 Å². The van der Waals surface area contributed by atoms with Gasteiger partial charge in [0, 0.05) is 17.7 Å². The van der Waals surface area contributed by atoms with E-state index >= 15 is 0 Å². The van der Waals surface area contributed by atoms with E-state index in [0.29, 0.717) is 11.7 Å². The van der Waals surface area contributed by atoms with E-state index in [9.17, 15) is 15.2 Å². The van der Waals surface area contributed by atoms with E-state index < -0.39 is 16.6 Å². The molecule has 0 amide bonds. The number of ether oxygens (including phenoxy) is 1. The molecular weight excluding hydrogens is 332 g/mol. The van der Waals surface area contributed by atoms with Gasteiger partial charge >= 0.3 is 0 Å². The van der Waals surface area contributed by atoms with Crippen molar-refractivity contribution in [3.05, 3.63) is 33.9 Å².